The van der Waals surface area contributed by atoms with Gasteiger partial charge in [-0.3, -0.25) is 4.79 Å². The Balaban J connectivity index is 2.21. The largest absolute Gasteiger partial charge is 0.484 e. The minimum absolute atomic E-state index is 0.0672. The molecule has 0 saturated heterocycles. The van der Waals surface area contributed by atoms with Gasteiger partial charge in [0.05, 0.1) is 10.6 Å². The molecule has 0 aliphatic carbocycles. The average Bonchev–Trinajstić information content (AvgIpc) is 2.40. The number of ether oxygens (including phenoxy) is 1. The number of rotatable bonds is 4. The predicted octanol–water partition coefficient (Wildman–Crippen LogP) is 3.87. The maximum absolute atomic E-state index is 13.8. The third-order valence-corrected chi connectivity index (χ3v) is 2.73. The second-order valence-electron chi connectivity index (χ2n) is 3.67. The third-order valence-electron chi connectivity index (χ3n) is 2.43. The Morgan fingerprint density at radius 1 is 1.17 bits per heavy atom. The Morgan fingerprint density at radius 3 is 2.56 bits per heavy atom. The van der Waals surface area contributed by atoms with Crippen LogP contribution in [0.5, 0.6) is 5.75 Å². The van der Waals surface area contributed by atoms with Crippen molar-refractivity contribution in [2.45, 2.75) is 6.61 Å². The standard InChI is InChI=1S/C14H10ClFO2/c15-12-7-6-11(8-17)13(16)14(12)18-9-10-4-2-1-3-5-10/h1-8H,9H2. The summed E-state index contributed by atoms with van der Waals surface area (Å²) in [6.07, 6.45) is 0.432. The molecule has 0 fully saturated rings. The molecule has 0 N–H and O–H groups in total. The molecule has 0 unspecified atom stereocenters. The van der Waals surface area contributed by atoms with Crippen molar-refractivity contribution in [3.8, 4) is 5.75 Å². The fraction of sp³-hybridized carbons (Fsp3) is 0.0714. The van der Waals surface area contributed by atoms with Gasteiger partial charge in [-0.1, -0.05) is 41.9 Å². The monoisotopic (exact) mass is 264 g/mol. The molecule has 2 nitrogen and oxygen atoms in total. The summed E-state index contributed by atoms with van der Waals surface area (Å²) in [6, 6.07) is 12.1. The molecule has 0 saturated carbocycles. The van der Waals surface area contributed by atoms with Crippen molar-refractivity contribution >= 4 is 17.9 Å². The van der Waals surface area contributed by atoms with Gasteiger partial charge in [-0.15, -0.1) is 0 Å². The highest BCUT2D eigenvalue weighted by Crippen LogP contribution is 2.30. The van der Waals surface area contributed by atoms with Crippen LogP contribution in [0.15, 0.2) is 42.5 Å². The summed E-state index contributed by atoms with van der Waals surface area (Å²) in [4.78, 5) is 10.6. The zero-order chi connectivity index (χ0) is 13.0. The number of hydrogen-bond acceptors (Lipinski definition) is 2. The van der Waals surface area contributed by atoms with Gasteiger partial charge in [-0.2, -0.15) is 0 Å². The van der Waals surface area contributed by atoms with Crippen molar-refractivity contribution in [3.63, 3.8) is 0 Å². The van der Waals surface area contributed by atoms with Crippen LogP contribution in [0.3, 0.4) is 0 Å². The molecule has 2 aromatic carbocycles. The van der Waals surface area contributed by atoms with Gasteiger partial charge in [-0.25, -0.2) is 4.39 Å². The lowest BCUT2D eigenvalue weighted by Gasteiger charge is -2.10. The predicted molar refractivity (Wildman–Crippen MR) is 67.6 cm³/mol. The van der Waals surface area contributed by atoms with E-state index in [4.69, 9.17) is 16.3 Å². The van der Waals surface area contributed by atoms with Crippen LogP contribution < -0.4 is 4.74 Å². The Morgan fingerprint density at radius 2 is 1.89 bits per heavy atom. The van der Waals surface area contributed by atoms with Crippen molar-refractivity contribution in [2.24, 2.45) is 0 Å². The van der Waals surface area contributed by atoms with Crippen LogP contribution in [0.1, 0.15) is 15.9 Å². The van der Waals surface area contributed by atoms with Crippen LogP contribution in [0.4, 0.5) is 4.39 Å². The van der Waals surface area contributed by atoms with E-state index in [1.165, 1.54) is 12.1 Å². The van der Waals surface area contributed by atoms with E-state index in [9.17, 15) is 9.18 Å². The molecule has 18 heavy (non-hydrogen) atoms. The highest BCUT2D eigenvalue weighted by molar-refractivity contribution is 6.32. The minimum Gasteiger partial charge on any atom is -0.484 e. The van der Waals surface area contributed by atoms with Gasteiger partial charge in [-0.05, 0) is 17.7 Å². The van der Waals surface area contributed by atoms with Crippen LogP contribution in [0.25, 0.3) is 0 Å². The molecule has 2 aromatic rings. The van der Waals surface area contributed by atoms with Gasteiger partial charge in [0.2, 0.25) is 0 Å². The molecule has 92 valence electrons. The van der Waals surface area contributed by atoms with E-state index in [1.807, 2.05) is 30.3 Å². The zero-order valence-corrected chi connectivity index (χ0v) is 10.2. The van der Waals surface area contributed by atoms with Gasteiger partial charge >= 0.3 is 0 Å². The molecular formula is C14H10ClFO2. The number of halogens is 2. The molecule has 4 heteroatoms. The van der Waals surface area contributed by atoms with Crippen molar-refractivity contribution in [2.75, 3.05) is 0 Å². The molecule has 0 bridgehead atoms. The fourth-order valence-corrected chi connectivity index (χ4v) is 1.70. The summed E-state index contributed by atoms with van der Waals surface area (Å²) in [7, 11) is 0. The first-order valence-corrected chi connectivity index (χ1v) is 5.70. The number of aldehydes is 1. The van der Waals surface area contributed by atoms with Crippen LogP contribution in [0.2, 0.25) is 5.02 Å². The number of hydrogen-bond donors (Lipinski definition) is 0. The molecule has 0 aliphatic rings. The first kappa shape index (κ1) is 12.6. The Hall–Kier alpha value is -1.87. The van der Waals surface area contributed by atoms with Crippen molar-refractivity contribution < 1.29 is 13.9 Å². The zero-order valence-electron chi connectivity index (χ0n) is 9.40. The third kappa shape index (κ3) is 2.68. The van der Waals surface area contributed by atoms with Gasteiger partial charge < -0.3 is 4.74 Å². The van der Waals surface area contributed by atoms with E-state index < -0.39 is 5.82 Å². The Labute approximate surface area is 109 Å². The summed E-state index contributed by atoms with van der Waals surface area (Å²) in [5.41, 5.74) is 0.826. The quantitative estimate of drug-likeness (QED) is 0.784. The summed E-state index contributed by atoms with van der Waals surface area (Å²) in [6.45, 7) is 0.194. The lowest BCUT2D eigenvalue weighted by atomic mass is 10.2. The van der Waals surface area contributed by atoms with Crippen molar-refractivity contribution in [3.05, 3.63) is 64.4 Å². The average molecular weight is 265 g/mol. The molecular weight excluding hydrogens is 255 g/mol. The van der Waals surface area contributed by atoms with Gasteiger partial charge in [0.1, 0.15) is 6.61 Å². The lowest BCUT2D eigenvalue weighted by Crippen LogP contribution is -2.00. The van der Waals surface area contributed by atoms with E-state index in [-0.39, 0.29) is 22.9 Å². The number of benzene rings is 2. The van der Waals surface area contributed by atoms with E-state index in [0.29, 0.717) is 6.29 Å². The van der Waals surface area contributed by atoms with E-state index in [2.05, 4.69) is 0 Å². The van der Waals surface area contributed by atoms with E-state index in [1.54, 1.807) is 0 Å². The summed E-state index contributed by atoms with van der Waals surface area (Å²) >= 11 is 5.84. The smallest absolute Gasteiger partial charge is 0.177 e. The molecule has 0 aliphatic heterocycles. The second kappa shape index (κ2) is 5.65. The summed E-state index contributed by atoms with van der Waals surface area (Å²) in [5, 5.41) is 0.147. The van der Waals surface area contributed by atoms with Gasteiger partial charge in [0, 0.05) is 0 Å². The molecule has 0 heterocycles. The molecule has 0 spiro atoms. The highest BCUT2D eigenvalue weighted by Gasteiger charge is 2.13. The Kier molecular flexibility index (Phi) is 3.95. The first-order chi connectivity index (χ1) is 8.72. The molecule has 0 radical (unpaired) electrons. The van der Waals surface area contributed by atoms with Crippen LogP contribution in [-0.2, 0) is 6.61 Å². The van der Waals surface area contributed by atoms with Crippen LogP contribution >= 0.6 is 11.6 Å². The maximum Gasteiger partial charge on any atom is 0.177 e. The van der Waals surface area contributed by atoms with Crippen LogP contribution in [0, 0.1) is 5.82 Å². The summed E-state index contributed by atoms with van der Waals surface area (Å²) < 4.78 is 19.1. The minimum atomic E-state index is -0.728. The van der Waals surface area contributed by atoms with Gasteiger partial charge in [0.15, 0.2) is 17.9 Å². The number of carbonyl (C=O) groups excluding carboxylic acids is 1. The SMILES string of the molecule is O=Cc1ccc(Cl)c(OCc2ccccc2)c1F. The van der Waals surface area contributed by atoms with Crippen LogP contribution in [-0.4, -0.2) is 6.29 Å². The molecule has 0 aromatic heterocycles. The molecule has 0 atom stereocenters. The number of carbonyl (C=O) groups is 1. The highest BCUT2D eigenvalue weighted by atomic mass is 35.5. The first-order valence-electron chi connectivity index (χ1n) is 5.32. The molecule has 2 rings (SSSR count). The molecule has 0 amide bonds. The lowest BCUT2D eigenvalue weighted by molar-refractivity contribution is 0.111. The summed E-state index contributed by atoms with van der Waals surface area (Å²) in [5.74, 6) is -0.821. The Bertz CT molecular complexity index is 555. The van der Waals surface area contributed by atoms with E-state index in [0.717, 1.165) is 5.56 Å². The second-order valence-corrected chi connectivity index (χ2v) is 4.08. The van der Waals surface area contributed by atoms with Crippen molar-refractivity contribution in [1.82, 2.24) is 0 Å². The van der Waals surface area contributed by atoms with Crippen molar-refractivity contribution in [1.29, 1.82) is 0 Å². The van der Waals surface area contributed by atoms with Gasteiger partial charge in [0.25, 0.3) is 0 Å². The maximum atomic E-state index is 13.8. The fourth-order valence-electron chi connectivity index (χ4n) is 1.50. The normalized spacial score (nSPS) is 10.1. The van der Waals surface area contributed by atoms with E-state index >= 15 is 0 Å². The topological polar surface area (TPSA) is 26.3 Å².